The predicted molar refractivity (Wildman–Crippen MR) is 133 cm³/mol. The van der Waals surface area contributed by atoms with Crippen LogP contribution in [0, 0.1) is 0 Å². The van der Waals surface area contributed by atoms with Crippen LogP contribution in [-0.4, -0.2) is 16.8 Å². The number of para-hydroxylation sites is 1. The van der Waals surface area contributed by atoms with Crippen LogP contribution in [0.4, 0.5) is 0 Å². The van der Waals surface area contributed by atoms with Crippen molar-refractivity contribution in [3.05, 3.63) is 132 Å². The molecule has 166 valence electrons. The number of amides is 1. The highest BCUT2D eigenvalue weighted by molar-refractivity contribution is 5.87. The molecule has 33 heavy (non-hydrogen) atoms. The van der Waals surface area contributed by atoms with Gasteiger partial charge in [-0.2, -0.15) is 0 Å². The van der Waals surface area contributed by atoms with Gasteiger partial charge in [0.05, 0.1) is 5.92 Å². The van der Waals surface area contributed by atoms with Crippen molar-refractivity contribution in [1.82, 2.24) is 4.90 Å². The first-order chi connectivity index (χ1) is 16.1. The maximum Gasteiger partial charge on any atom is 0.235 e. The van der Waals surface area contributed by atoms with Gasteiger partial charge in [-0.1, -0.05) is 91.0 Å². The fraction of sp³-hybridized carbons (Fsp3) is 0.167. The Morgan fingerprint density at radius 3 is 1.76 bits per heavy atom. The highest BCUT2D eigenvalue weighted by atomic mass is 16.5. The summed E-state index contributed by atoms with van der Waals surface area (Å²) in [5, 5.41) is 0. The second-order valence-corrected chi connectivity index (χ2v) is 8.38. The molecule has 0 radical (unpaired) electrons. The van der Waals surface area contributed by atoms with Crippen LogP contribution in [0.15, 0.2) is 115 Å². The molecule has 0 saturated carbocycles. The van der Waals surface area contributed by atoms with Crippen LogP contribution in [0.25, 0.3) is 0 Å². The van der Waals surface area contributed by atoms with E-state index < -0.39 is 0 Å². The van der Waals surface area contributed by atoms with E-state index in [2.05, 4.69) is 13.8 Å². The molecule has 0 aromatic heterocycles. The smallest absolute Gasteiger partial charge is 0.235 e. The Morgan fingerprint density at radius 1 is 0.697 bits per heavy atom. The van der Waals surface area contributed by atoms with Crippen molar-refractivity contribution in [2.24, 2.45) is 0 Å². The van der Waals surface area contributed by atoms with E-state index in [9.17, 15) is 4.79 Å². The Hall–Kier alpha value is -3.85. The summed E-state index contributed by atoms with van der Waals surface area (Å²) < 4.78 is 6.00. The molecular formula is C30H29NO2. The van der Waals surface area contributed by atoms with Crippen LogP contribution >= 0.6 is 0 Å². The Kier molecular flexibility index (Phi) is 7.21. The van der Waals surface area contributed by atoms with Gasteiger partial charge in [0.1, 0.15) is 11.5 Å². The van der Waals surface area contributed by atoms with Crippen LogP contribution in [0.3, 0.4) is 0 Å². The second kappa shape index (κ2) is 10.6. The van der Waals surface area contributed by atoms with Crippen molar-refractivity contribution in [3.8, 4) is 11.5 Å². The first-order valence-electron chi connectivity index (χ1n) is 11.3. The third-order valence-corrected chi connectivity index (χ3v) is 5.65. The van der Waals surface area contributed by atoms with E-state index in [0.29, 0.717) is 6.54 Å². The largest absolute Gasteiger partial charge is 0.457 e. The molecule has 0 aliphatic rings. The molecule has 0 spiro atoms. The number of ether oxygens (including phenoxy) is 1. The molecule has 0 atom stereocenters. The fourth-order valence-electron chi connectivity index (χ4n) is 3.98. The molecule has 0 N–H and O–H groups in total. The summed E-state index contributed by atoms with van der Waals surface area (Å²) in [4.78, 5) is 15.9. The third kappa shape index (κ3) is 5.69. The maximum atomic E-state index is 14.0. The van der Waals surface area contributed by atoms with E-state index in [-0.39, 0.29) is 17.9 Å². The first-order valence-corrected chi connectivity index (χ1v) is 11.3. The lowest BCUT2D eigenvalue weighted by molar-refractivity contribution is -0.134. The van der Waals surface area contributed by atoms with Gasteiger partial charge in [-0.25, -0.2) is 0 Å². The molecule has 0 heterocycles. The number of nitrogens with zero attached hydrogens (tertiary/aromatic N) is 1. The van der Waals surface area contributed by atoms with E-state index >= 15 is 0 Å². The van der Waals surface area contributed by atoms with Crippen molar-refractivity contribution in [2.75, 3.05) is 0 Å². The zero-order valence-electron chi connectivity index (χ0n) is 19.1. The Balaban J connectivity index is 1.61. The van der Waals surface area contributed by atoms with Crippen LogP contribution in [0.5, 0.6) is 11.5 Å². The number of benzene rings is 4. The van der Waals surface area contributed by atoms with Gasteiger partial charge >= 0.3 is 0 Å². The Labute approximate surface area is 196 Å². The van der Waals surface area contributed by atoms with Crippen LogP contribution in [-0.2, 0) is 11.3 Å². The molecule has 0 bridgehead atoms. The molecule has 1 amide bonds. The van der Waals surface area contributed by atoms with Crippen LogP contribution in [0.1, 0.15) is 36.5 Å². The number of rotatable bonds is 8. The molecule has 0 saturated heterocycles. The minimum atomic E-state index is -0.349. The second-order valence-electron chi connectivity index (χ2n) is 8.38. The standard InChI is InChI=1S/C30H29NO2/c1-23(2)31(22-24-13-12-20-28(21-24)33-27-18-10-5-11-19-27)30(32)29(25-14-6-3-7-15-25)26-16-8-4-9-17-26/h3-21,23,29H,22H2,1-2H3. The molecule has 0 fully saturated rings. The quantitative estimate of drug-likeness (QED) is 0.297. The van der Waals surface area contributed by atoms with Gasteiger partial charge in [0.25, 0.3) is 0 Å². The van der Waals surface area contributed by atoms with Gasteiger partial charge in [-0.05, 0) is 54.8 Å². The zero-order chi connectivity index (χ0) is 23.0. The van der Waals surface area contributed by atoms with Crippen molar-refractivity contribution >= 4 is 5.91 Å². The van der Waals surface area contributed by atoms with E-state index in [4.69, 9.17) is 4.74 Å². The first kappa shape index (κ1) is 22.3. The normalized spacial score (nSPS) is 10.9. The molecule has 3 heteroatoms. The maximum absolute atomic E-state index is 14.0. The minimum absolute atomic E-state index is 0.0473. The highest BCUT2D eigenvalue weighted by Crippen LogP contribution is 2.29. The van der Waals surface area contributed by atoms with Gasteiger partial charge in [0, 0.05) is 12.6 Å². The topological polar surface area (TPSA) is 29.5 Å². The van der Waals surface area contributed by atoms with E-state index in [1.165, 1.54) is 0 Å². The summed E-state index contributed by atoms with van der Waals surface area (Å²) in [6.45, 7) is 4.64. The lowest BCUT2D eigenvalue weighted by Gasteiger charge is -2.31. The summed E-state index contributed by atoms with van der Waals surface area (Å²) in [6.07, 6.45) is 0. The highest BCUT2D eigenvalue weighted by Gasteiger charge is 2.29. The Morgan fingerprint density at radius 2 is 1.21 bits per heavy atom. The number of hydrogen-bond donors (Lipinski definition) is 0. The van der Waals surface area contributed by atoms with Gasteiger partial charge < -0.3 is 9.64 Å². The van der Waals surface area contributed by atoms with Gasteiger partial charge in [0.2, 0.25) is 5.91 Å². The van der Waals surface area contributed by atoms with Crippen molar-refractivity contribution in [1.29, 1.82) is 0 Å². The number of hydrogen-bond acceptors (Lipinski definition) is 2. The monoisotopic (exact) mass is 435 g/mol. The molecular weight excluding hydrogens is 406 g/mol. The number of carbonyl (C=O) groups is 1. The summed E-state index contributed by atoms with van der Waals surface area (Å²) in [7, 11) is 0. The van der Waals surface area contributed by atoms with Crippen molar-refractivity contribution in [2.45, 2.75) is 32.4 Å². The van der Waals surface area contributed by atoms with Crippen molar-refractivity contribution < 1.29 is 9.53 Å². The average Bonchev–Trinajstić information content (AvgIpc) is 2.85. The van der Waals surface area contributed by atoms with Crippen LogP contribution in [0.2, 0.25) is 0 Å². The van der Waals surface area contributed by atoms with E-state index in [0.717, 1.165) is 28.2 Å². The lowest BCUT2D eigenvalue weighted by atomic mass is 9.89. The van der Waals surface area contributed by atoms with Gasteiger partial charge in [-0.3, -0.25) is 4.79 Å². The summed E-state index contributed by atoms with van der Waals surface area (Å²) in [5.74, 6) is 1.30. The molecule has 4 rings (SSSR count). The minimum Gasteiger partial charge on any atom is -0.457 e. The molecule has 0 aliphatic heterocycles. The summed E-state index contributed by atoms with van der Waals surface area (Å²) in [5.41, 5.74) is 3.03. The molecule has 3 nitrogen and oxygen atoms in total. The van der Waals surface area contributed by atoms with E-state index in [1.54, 1.807) is 0 Å². The Bertz CT molecular complexity index is 1120. The van der Waals surface area contributed by atoms with Crippen LogP contribution < -0.4 is 4.74 Å². The van der Waals surface area contributed by atoms with Crippen molar-refractivity contribution in [3.63, 3.8) is 0 Å². The average molecular weight is 436 g/mol. The summed E-state index contributed by atoms with van der Waals surface area (Å²) >= 11 is 0. The van der Waals surface area contributed by atoms with E-state index in [1.807, 2.05) is 120 Å². The molecule has 0 unspecified atom stereocenters. The predicted octanol–water partition coefficient (Wildman–Crippen LogP) is 7.05. The molecule has 4 aromatic carbocycles. The number of carbonyl (C=O) groups excluding carboxylic acids is 1. The SMILES string of the molecule is CC(C)N(Cc1cccc(Oc2ccccc2)c1)C(=O)C(c1ccccc1)c1ccccc1. The van der Waals surface area contributed by atoms with Gasteiger partial charge in [-0.15, -0.1) is 0 Å². The third-order valence-electron chi connectivity index (χ3n) is 5.65. The van der Waals surface area contributed by atoms with Gasteiger partial charge in [0.15, 0.2) is 0 Å². The fourth-order valence-corrected chi connectivity index (χ4v) is 3.98. The molecule has 0 aliphatic carbocycles. The molecule has 4 aromatic rings. The summed E-state index contributed by atoms with van der Waals surface area (Å²) in [6, 6.07) is 37.8. The lowest BCUT2D eigenvalue weighted by Crippen LogP contribution is -2.40. The zero-order valence-corrected chi connectivity index (χ0v) is 19.1.